The highest BCUT2D eigenvalue weighted by Crippen LogP contribution is 2.29. The number of nitrogens with two attached hydrogens (primary N) is 3. The van der Waals surface area contributed by atoms with Crippen LogP contribution in [0.4, 0.5) is 11.4 Å². The van der Waals surface area contributed by atoms with Gasteiger partial charge in [0, 0.05) is 86.7 Å². The number of ether oxygens (including phenoxy) is 4. The molecule has 27 nitrogen and oxygen atoms in total. The smallest absolute Gasteiger partial charge is 0.305 e. The Labute approximate surface area is 494 Å². The van der Waals surface area contributed by atoms with Crippen molar-refractivity contribution in [2.75, 3.05) is 123 Å². The van der Waals surface area contributed by atoms with Gasteiger partial charge in [-0.05, 0) is 62.1 Å². The topological polar surface area (TPSA) is 393 Å². The molecule has 1 aromatic heterocycles. The number of aliphatic carboxylic acids is 1. The van der Waals surface area contributed by atoms with E-state index in [1.807, 2.05) is 30.9 Å². The number of nitrogens with zero attached hydrogens (tertiary/aromatic N) is 4. The molecule has 2 aliphatic heterocycles. The number of anilines is 1. The minimum Gasteiger partial charge on any atom is -0.481 e. The number of aliphatic imine (C=N–C) groups is 1. The monoisotopic (exact) mass is 1200 g/mol. The molecule has 8 amide bonds. The Morgan fingerprint density at radius 2 is 1.44 bits per heavy atom. The molecule has 4 rings (SSSR count). The van der Waals surface area contributed by atoms with Crippen LogP contribution in [0.1, 0.15) is 98.8 Å². The van der Waals surface area contributed by atoms with Crippen LogP contribution >= 0.6 is 11.8 Å². The Kier molecular flexibility index (Phi) is 32.6. The van der Waals surface area contributed by atoms with Gasteiger partial charge in [-0.3, -0.25) is 53.0 Å². The summed E-state index contributed by atoms with van der Waals surface area (Å²) in [5, 5.41) is 24.1. The van der Waals surface area contributed by atoms with Crippen molar-refractivity contribution in [3.05, 3.63) is 58.4 Å². The third-order valence-electron chi connectivity index (χ3n) is 12.9. The largest absolute Gasteiger partial charge is 0.481 e. The number of carbonyl (C=O) groups excluding carboxylic acids is 8. The molecular weight excluding hydrogens is 1110 g/mol. The first-order chi connectivity index (χ1) is 40.5. The highest BCUT2D eigenvalue weighted by atomic mass is 32.2. The SMILES string of the molecule is CCCN(CCC)C(=O)C1=Cc2ccc(C(=O)Nc3cnc4c(c3)CN(CCCCCCNC(=O)C(CC(=O)O)SCC(NC(=O)CCOCCOCCOCCOCCNC(=O)CNC(=O)CNC(=O)CN)C(N)=O)CC4)cc2N=C(N)C1. The quantitative estimate of drug-likeness (QED) is 0.0394. The number of unbranched alkanes of at least 4 members (excludes halogenated alkanes) is 3. The van der Waals surface area contributed by atoms with Crippen LogP contribution in [-0.2, 0) is 70.3 Å². The van der Waals surface area contributed by atoms with E-state index in [1.165, 1.54) is 0 Å². The zero-order valence-electron chi connectivity index (χ0n) is 48.3. The summed E-state index contributed by atoms with van der Waals surface area (Å²) in [6, 6.07) is 5.98. The van der Waals surface area contributed by atoms with E-state index in [-0.39, 0.29) is 96.2 Å². The fourth-order valence-electron chi connectivity index (χ4n) is 8.62. The normalized spacial score (nSPS) is 13.6. The lowest BCUT2D eigenvalue weighted by Crippen LogP contribution is -2.47. The molecule has 0 saturated carbocycles. The molecule has 2 unspecified atom stereocenters. The number of aromatic nitrogens is 1. The summed E-state index contributed by atoms with van der Waals surface area (Å²) in [4.78, 5) is 124. The summed E-state index contributed by atoms with van der Waals surface area (Å²) in [7, 11) is 0. The molecule has 0 aliphatic carbocycles. The van der Waals surface area contributed by atoms with E-state index in [0.717, 1.165) is 74.6 Å². The maximum atomic E-state index is 13.5. The van der Waals surface area contributed by atoms with Crippen molar-refractivity contribution in [3.63, 3.8) is 0 Å². The minimum atomic E-state index is -1.19. The molecule has 13 N–H and O–H groups in total. The summed E-state index contributed by atoms with van der Waals surface area (Å²) in [6.45, 7) is 9.35. The zero-order chi connectivity index (χ0) is 61.1. The number of carbonyl (C=O) groups is 9. The van der Waals surface area contributed by atoms with Crippen LogP contribution < -0.4 is 49.1 Å². The number of hydrogen-bond acceptors (Lipinski definition) is 19. The number of amides is 8. The predicted octanol–water partition coefficient (Wildman–Crippen LogP) is 0.103. The molecule has 3 heterocycles. The molecule has 1 aromatic carbocycles. The first-order valence-electron chi connectivity index (χ1n) is 28.5. The van der Waals surface area contributed by atoms with Gasteiger partial charge in [-0.1, -0.05) is 32.8 Å². The van der Waals surface area contributed by atoms with Crippen LogP contribution in [0.3, 0.4) is 0 Å². The van der Waals surface area contributed by atoms with Gasteiger partial charge in [0.25, 0.3) is 5.91 Å². The summed E-state index contributed by atoms with van der Waals surface area (Å²) in [6.07, 6.45) is 8.90. The van der Waals surface area contributed by atoms with E-state index < -0.39 is 59.1 Å². The lowest BCUT2D eigenvalue weighted by molar-refractivity contribution is -0.138. The number of rotatable bonds is 42. The van der Waals surface area contributed by atoms with Gasteiger partial charge in [-0.25, -0.2) is 4.99 Å². The van der Waals surface area contributed by atoms with Crippen LogP contribution in [0.5, 0.6) is 0 Å². The van der Waals surface area contributed by atoms with Crippen LogP contribution in [0.25, 0.3) is 6.08 Å². The van der Waals surface area contributed by atoms with Crippen molar-refractivity contribution < 1.29 is 67.2 Å². The molecule has 0 spiro atoms. The number of amidine groups is 1. The summed E-state index contributed by atoms with van der Waals surface area (Å²) in [5.41, 5.74) is 21.7. The van der Waals surface area contributed by atoms with Crippen LogP contribution in [0, 0.1) is 0 Å². The summed E-state index contributed by atoms with van der Waals surface area (Å²) >= 11 is 0.925. The van der Waals surface area contributed by atoms with E-state index in [0.29, 0.717) is 79.7 Å². The zero-order valence-corrected chi connectivity index (χ0v) is 49.1. The molecule has 0 radical (unpaired) electrons. The first kappa shape index (κ1) is 69.4. The van der Waals surface area contributed by atoms with Crippen molar-refractivity contribution in [1.29, 1.82) is 0 Å². The number of primary amides is 1. The van der Waals surface area contributed by atoms with Gasteiger partial charge in [-0.2, -0.15) is 0 Å². The van der Waals surface area contributed by atoms with Gasteiger partial charge in [-0.15, -0.1) is 11.8 Å². The highest BCUT2D eigenvalue weighted by Gasteiger charge is 2.27. The number of benzene rings is 1. The van der Waals surface area contributed by atoms with Gasteiger partial charge in [0.05, 0.1) is 102 Å². The second-order valence-electron chi connectivity index (χ2n) is 19.8. The summed E-state index contributed by atoms with van der Waals surface area (Å²) in [5.74, 6) is -4.67. The fraction of sp³-hybridized carbons (Fsp3) is 0.589. The Bertz CT molecular complexity index is 2570. The third kappa shape index (κ3) is 27.1. The Morgan fingerprint density at radius 3 is 2.11 bits per heavy atom. The molecule has 0 fully saturated rings. The van der Waals surface area contributed by atoms with Crippen LogP contribution in [0.2, 0.25) is 0 Å². The Morgan fingerprint density at radius 1 is 0.786 bits per heavy atom. The number of fused-ring (bicyclic) bond motifs is 2. The van der Waals surface area contributed by atoms with Gasteiger partial charge in [0.1, 0.15) is 11.9 Å². The number of carboxylic acids is 1. The van der Waals surface area contributed by atoms with Crippen LogP contribution in [-0.4, -0.2) is 208 Å². The second kappa shape index (κ2) is 39.5. The second-order valence-corrected chi connectivity index (χ2v) is 21.0. The van der Waals surface area contributed by atoms with E-state index in [4.69, 9.17) is 36.1 Å². The molecule has 28 heteroatoms. The third-order valence-corrected chi connectivity index (χ3v) is 14.2. The molecule has 0 saturated heterocycles. The fourth-order valence-corrected chi connectivity index (χ4v) is 9.78. The maximum absolute atomic E-state index is 13.5. The average molecular weight is 1200 g/mol. The van der Waals surface area contributed by atoms with Crippen molar-refractivity contribution >= 4 is 88.3 Å². The number of hydrogen-bond donors (Lipinski definition) is 10. The van der Waals surface area contributed by atoms with Crippen molar-refractivity contribution in [2.45, 2.75) is 95.9 Å². The predicted molar refractivity (Wildman–Crippen MR) is 316 cm³/mol. The Hall–Kier alpha value is -7.08. The van der Waals surface area contributed by atoms with Gasteiger partial charge < -0.3 is 78.1 Å². The molecular formula is C56H85N13O14S. The number of pyridine rings is 1. The maximum Gasteiger partial charge on any atom is 0.305 e. The van der Waals surface area contributed by atoms with E-state index in [9.17, 15) is 48.3 Å². The molecule has 2 atom stereocenters. The minimum absolute atomic E-state index is 0.0281. The van der Waals surface area contributed by atoms with E-state index in [1.54, 1.807) is 24.4 Å². The lowest BCUT2D eigenvalue weighted by Gasteiger charge is -2.28. The van der Waals surface area contributed by atoms with Crippen molar-refractivity contribution in [1.82, 2.24) is 41.4 Å². The van der Waals surface area contributed by atoms with Crippen LogP contribution in [0.15, 0.2) is 41.0 Å². The lowest BCUT2D eigenvalue weighted by atomic mass is 10.0. The molecule has 84 heavy (non-hydrogen) atoms. The van der Waals surface area contributed by atoms with Crippen molar-refractivity contribution in [3.8, 4) is 0 Å². The highest BCUT2D eigenvalue weighted by molar-refractivity contribution is 8.00. The number of thioether (sulfide) groups is 1. The molecule has 464 valence electrons. The first-order valence-corrected chi connectivity index (χ1v) is 29.5. The van der Waals surface area contributed by atoms with E-state index in [2.05, 4.69) is 46.8 Å². The van der Waals surface area contributed by atoms with Crippen molar-refractivity contribution in [2.24, 2.45) is 22.2 Å². The van der Waals surface area contributed by atoms with Gasteiger partial charge in [0.15, 0.2) is 0 Å². The molecule has 0 bridgehead atoms. The summed E-state index contributed by atoms with van der Waals surface area (Å²) < 4.78 is 21.7. The van der Waals surface area contributed by atoms with Gasteiger partial charge in [0.2, 0.25) is 41.4 Å². The molecule has 2 aliphatic rings. The average Bonchev–Trinajstić information content (AvgIpc) is 3.89. The van der Waals surface area contributed by atoms with E-state index >= 15 is 0 Å². The standard InChI is InChI=1S/C56H85N13O14S/c1-3-15-69(16-4-2)56(79)40-27-38-9-10-39(29-44(38)66-47(58)30-40)54(77)65-42-28-41-36-68(18-11-43(41)62-33-42)17-8-6-5-7-13-61-55(78)46(31-52(74)75)84-37-45(53(59)76)67-48(70)12-19-80-21-23-82-25-26-83-24-22-81-20-14-60-50(72)34-64-51(73)35-63-49(71)32-57/h9-10,27-29,33,45-46H,3-8,11-26,30-32,34-37,57H2,1-2H3,(H2,58,66)(H2,59,76)(H,60,72)(H,61,78)(H,63,71)(H,64,73)(H,65,77)(H,67,70)(H,74,75). The Balaban J connectivity index is 1.04. The number of carboxylic acid groups (broad SMARTS) is 1. The number of nitrogens with one attached hydrogen (secondary N) is 6. The molecule has 2 aromatic rings. The van der Waals surface area contributed by atoms with Gasteiger partial charge >= 0.3 is 5.97 Å².